The normalized spacial score (nSPS) is 14.1. The number of hydrogen-bond acceptors (Lipinski definition) is 5. The number of methoxy groups -OCH3 is 1. The zero-order valence-corrected chi connectivity index (χ0v) is 18.0. The summed E-state index contributed by atoms with van der Waals surface area (Å²) < 4.78 is 12.6. The summed E-state index contributed by atoms with van der Waals surface area (Å²) in [5.74, 6) is -0.197. The Labute approximate surface area is 174 Å². The van der Waals surface area contributed by atoms with Crippen LogP contribution in [-0.4, -0.2) is 44.5 Å². The lowest BCUT2D eigenvalue weighted by atomic mass is 10.1. The molecule has 27 heavy (non-hydrogen) atoms. The Morgan fingerprint density at radius 1 is 1.26 bits per heavy atom. The molecule has 2 aromatic carbocycles. The monoisotopic (exact) mass is 498 g/mol. The van der Waals surface area contributed by atoms with Gasteiger partial charge in [0, 0.05) is 35.4 Å². The highest BCUT2D eigenvalue weighted by atomic mass is 79.9. The van der Waals surface area contributed by atoms with E-state index in [0.717, 1.165) is 31.6 Å². The summed E-state index contributed by atoms with van der Waals surface area (Å²) in [6.45, 7) is 3.09. The second-order valence-corrected chi connectivity index (χ2v) is 7.84. The Morgan fingerprint density at radius 2 is 2.00 bits per heavy atom. The Bertz CT molecular complexity index is 839. The van der Waals surface area contributed by atoms with Crippen molar-refractivity contribution in [3.63, 3.8) is 0 Å². The van der Waals surface area contributed by atoms with Crippen molar-refractivity contribution in [2.24, 2.45) is 0 Å². The summed E-state index contributed by atoms with van der Waals surface area (Å²) in [5, 5.41) is 12.9. The maximum absolute atomic E-state index is 11.8. The topological polar surface area (TPSA) is 71.0 Å². The minimum Gasteiger partial charge on any atom is -0.495 e. The summed E-state index contributed by atoms with van der Waals surface area (Å²) in [4.78, 5) is 13.8. The first-order valence-electron chi connectivity index (χ1n) is 8.45. The van der Waals surface area contributed by atoms with E-state index >= 15 is 0 Å². The molecule has 1 fully saturated rings. The van der Waals surface area contributed by atoms with Crippen molar-refractivity contribution in [3.8, 4) is 5.75 Å². The van der Waals surface area contributed by atoms with E-state index in [1.165, 1.54) is 0 Å². The number of anilines is 2. The van der Waals surface area contributed by atoms with Gasteiger partial charge in [-0.2, -0.15) is 0 Å². The van der Waals surface area contributed by atoms with E-state index in [1.807, 2.05) is 29.2 Å². The third kappa shape index (κ3) is 4.75. The van der Waals surface area contributed by atoms with E-state index in [9.17, 15) is 9.90 Å². The van der Waals surface area contributed by atoms with Crippen molar-refractivity contribution >= 4 is 49.2 Å². The molecule has 0 unspecified atom stereocenters. The van der Waals surface area contributed by atoms with Gasteiger partial charge in [0.05, 0.1) is 36.0 Å². The summed E-state index contributed by atoms with van der Waals surface area (Å²) >= 11 is 6.97. The summed E-state index contributed by atoms with van der Waals surface area (Å²) in [6, 6.07) is 9.31. The van der Waals surface area contributed by atoms with Crippen LogP contribution in [0, 0.1) is 0 Å². The third-order valence-corrected chi connectivity index (χ3v) is 5.40. The van der Waals surface area contributed by atoms with Crippen LogP contribution in [0.25, 0.3) is 0 Å². The number of morpholine rings is 1. The van der Waals surface area contributed by atoms with Crippen LogP contribution in [0.15, 0.2) is 39.3 Å². The number of carboxylic acid groups (broad SMARTS) is 1. The molecule has 1 aliphatic heterocycles. The molecule has 0 aliphatic carbocycles. The van der Waals surface area contributed by atoms with Gasteiger partial charge in [0.1, 0.15) is 5.75 Å². The van der Waals surface area contributed by atoms with Crippen LogP contribution in [-0.2, 0) is 11.3 Å². The van der Waals surface area contributed by atoms with Gasteiger partial charge in [0.2, 0.25) is 0 Å². The lowest BCUT2D eigenvalue weighted by molar-refractivity contribution is 0.0696. The van der Waals surface area contributed by atoms with Crippen molar-refractivity contribution in [1.29, 1.82) is 0 Å². The van der Waals surface area contributed by atoms with Crippen molar-refractivity contribution in [2.45, 2.75) is 6.54 Å². The second-order valence-electron chi connectivity index (χ2n) is 6.07. The molecule has 0 amide bonds. The lowest BCUT2D eigenvalue weighted by Gasteiger charge is -2.30. The summed E-state index contributed by atoms with van der Waals surface area (Å²) in [5.41, 5.74) is 2.69. The first-order chi connectivity index (χ1) is 13.0. The quantitative estimate of drug-likeness (QED) is 0.615. The van der Waals surface area contributed by atoms with E-state index in [1.54, 1.807) is 13.2 Å². The maximum atomic E-state index is 11.8. The lowest BCUT2D eigenvalue weighted by Crippen LogP contribution is -2.37. The number of nitrogens with zero attached hydrogens (tertiary/aromatic N) is 1. The largest absolute Gasteiger partial charge is 0.495 e. The minimum atomic E-state index is -0.942. The molecule has 0 radical (unpaired) electrons. The Kier molecular flexibility index (Phi) is 6.62. The molecule has 1 aliphatic rings. The van der Waals surface area contributed by atoms with Crippen molar-refractivity contribution in [1.82, 2.24) is 0 Å². The molecular formula is C19H20Br2N2O4. The highest BCUT2D eigenvalue weighted by molar-refractivity contribution is 9.11. The Balaban J connectivity index is 1.82. The molecule has 0 aromatic heterocycles. The van der Waals surface area contributed by atoms with Crippen LogP contribution >= 0.6 is 31.9 Å². The van der Waals surface area contributed by atoms with E-state index < -0.39 is 5.97 Å². The van der Waals surface area contributed by atoms with Gasteiger partial charge in [-0.15, -0.1) is 0 Å². The Hall–Kier alpha value is -1.77. The number of rotatable bonds is 6. The van der Waals surface area contributed by atoms with Crippen molar-refractivity contribution in [2.75, 3.05) is 43.6 Å². The molecule has 0 bridgehead atoms. The minimum absolute atomic E-state index is 0.282. The van der Waals surface area contributed by atoms with E-state index in [-0.39, 0.29) is 5.56 Å². The smallest absolute Gasteiger partial charge is 0.337 e. The van der Waals surface area contributed by atoms with Gasteiger partial charge >= 0.3 is 5.97 Å². The van der Waals surface area contributed by atoms with Crippen LogP contribution in [0.2, 0.25) is 0 Å². The molecule has 0 atom stereocenters. The predicted octanol–water partition coefficient (Wildman–Crippen LogP) is 4.37. The van der Waals surface area contributed by atoms with Crippen LogP contribution in [0.5, 0.6) is 5.75 Å². The predicted molar refractivity (Wildman–Crippen MR) is 112 cm³/mol. The second kappa shape index (κ2) is 8.95. The maximum Gasteiger partial charge on any atom is 0.337 e. The molecule has 8 heteroatoms. The van der Waals surface area contributed by atoms with Crippen molar-refractivity contribution < 1.29 is 19.4 Å². The molecule has 0 saturated carbocycles. The fourth-order valence-electron chi connectivity index (χ4n) is 3.07. The fourth-order valence-corrected chi connectivity index (χ4v) is 4.54. The van der Waals surface area contributed by atoms with E-state index in [0.29, 0.717) is 32.8 Å². The molecular weight excluding hydrogens is 480 g/mol. The third-order valence-electron chi connectivity index (χ3n) is 4.35. The number of halogens is 2. The summed E-state index contributed by atoms with van der Waals surface area (Å²) in [6.07, 6.45) is 0. The highest BCUT2D eigenvalue weighted by Gasteiger charge is 2.19. The van der Waals surface area contributed by atoms with E-state index in [4.69, 9.17) is 9.47 Å². The van der Waals surface area contributed by atoms with Crippen LogP contribution in [0.1, 0.15) is 15.9 Å². The van der Waals surface area contributed by atoms with Crippen LogP contribution < -0.4 is 15.0 Å². The van der Waals surface area contributed by atoms with E-state index in [2.05, 4.69) is 37.2 Å². The first kappa shape index (κ1) is 20.0. The average molecular weight is 500 g/mol. The average Bonchev–Trinajstić information content (AvgIpc) is 2.66. The number of hydrogen-bond donors (Lipinski definition) is 2. The molecule has 1 saturated heterocycles. The molecule has 144 valence electrons. The highest BCUT2D eigenvalue weighted by Crippen LogP contribution is 2.33. The fraction of sp³-hybridized carbons (Fsp3) is 0.316. The molecule has 1 heterocycles. The number of carboxylic acids is 1. The molecule has 3 rings (SSSR count). The first-order valence-corrected chi connectivity index (χ1v) is 10.0. The van der Waals surface area contributed by atoms with Gasteiger partial charge in [-0.1, -0.05) is 15.9 Å². The van der Waals surface area contributed by atoms with Crippen LogP contribution in [0.3, 0.4) is 0 Å². The zero-order chi connectivity index (χ0) is 19.4. The van der Waals surface area contributed by atoms with Crippen molar-refractivity contribution in [3.05, 3.63) is 50.4 Å². The van der Waals surface area contributed by atoms with Gasteiger partial charge < -0.3 is 24.8 Å². The number of ether oxygens (including phenoxy) is 2. The SMILES string of the molecule is COc1c(Br)cc(Br)cc1CNc1ccc(N2CCOCC2)c(C(=O)O)c1. The molecule has 2 aromatic rings. The number of benzene rings is 2. The van der Waals surface area contributed by atoms with Gasteiger partial charge in [-0.05, 0) is 46.3 Å². The molecule has 2 N–H and O–H groups in total. The summed E-state index contributed by atoms with van der Waals surface area (Å²) in [7, 11) is 1.62. The molecule has 0 spiro atoms. The number of carbonyl (C=O) groups is 1. The number of nitrogens with one attached hydrogen (secondary N) is 1. The Morgan fingerprint density at radius 3 is 2.67 bits per heavy atom. The van der Waals surface area contributed by atoms with Crippen LogP contribution in [0.4, 0.5) is 11.4 Å². The zero-order valence-electron chi connectivity index (χ0n) is 14.8. The van der Waals surface area contributed by atoms with Gasteiger partial charge in [0.25, 0.3) is 0 Å². The number of aromatic carboxylic acids is 1. The molecule has 6 nitrogen and oxygen atoms in total. The van der Waals surface area contributed by atoms with Gasteiger partial charge in [-0.25, -0.2) is 4.79 Å². The van der Waals surface area contributed by atoms with Gasteiger partial charge in [-0.3, -0.25) is 0 Å². The van der Waals surface area contributed by atoms with Gasteiger partial charge in [0.15, 0.2) is 0 Å². The standard InChI is InChI=1S/C19H20Br2N2O4/c1-26-18-12(8-13(20)9-16(18)21)11-22-14-2-3-17(15(10-14)19(24)25)23-4-6-27-7-5-23/h2-3,8-10,22H,4-7,11H2,1H3,(H,24,25).